The number of aromatic nitrogens is 6. The van der Waals surface area contributed by atoms with Gasteiger partial charge in [0.15, 0.2) is 0 Å². The smallest absolute Gasteiger partial charge is 0.146 e. The van der Waals surface area contributed by atoms with Gasteiger partial charge in [-0.1, -0.05) is 119 Å². The van der Waals surface area contributed by atoms with E-state index in [-0.39, 0.29) is 54.9 Å². The molecule has 0 aliphatic rings. The van der Waals surface area contributed by atoms with Crippen molar-refractivity contribution in [3.8, 4) is 22.9 Å². The zero-order chi connectivity index (χ0) is 38.2. The molecule has 0 fully saturated rings. The summed E-state index contributed by atoms with van der Waals surface area (Å²) in [5.74, 6) is 0.542. The Kier molecular flexibility index (Phi) is 12.4. The molecule has 280 valence electrons. The van der Waals surface area contributed by atoms with Crippen LogP contribution >= 0.6 is 0 Å². The van der Waals surface area contributed by atoms with Crippen molar-refractivity contribution in [1.29, 1.82) is 0 Å². The molecule has 4 aromatic carbocycles. The van der Waals surface area contributed by atoms with E-state index in [4.69, 9.17) is 0 Å². The molecular weight excluding hydrogens is 692 g/mol. The Morgan fingerprint density at radius 3 is 0.962 bits per heavy atom. The van der Waals surface area contributed by atoms with Gasteiger partial charge in [-0.25, -0.2) is 0 Å². The van der Waals surface area contributed by atoms with Gasteiger partial charge in [0.05, 0.1) is 0 Å². The first-order valence-electron chi connectivity index (χ1n) is 18.8. The Labute approximate surface area is 330 Å². The first-order chi connectivity index (χ1) is 24.4. The van der Waals surface area contributed by atoms with Crippen molar-refractivity contribution in [1.82, 2.24) is 30.0 Å². The molecule has 6 aromatic rings. The molecule has 0 saturated carbocycles. The Hall–Kier alpha value is -4.01. The molecule has 0 radical (unpaired) electrons. The minimum absolute atomic E-state index is 0. The third-order valence-electron chi connectivity index (χ3n) is 11.7. The van der Waals surface area contributed by atoms with Crippen LogP contribution in [0.1, 0.15) is 131 Å². The Morgan fingerprint density at radius 1 is 0.453 bits per heavy atom. The molecule has 8 nitrogen and oxygen atoms in total. The second kappa shape index (κ2) is 15.8. The number of nitrogens with zero attached hydrogens (tertiary/aromatic N) is 6. The summed E-state index contributed by atoms with van der Waals surface area (Å²) in [7, 11) is 0. The van der Waals surface area contributed by atoms with Crippen molar-refractivity contribution in [2.45, 2.75) is 130 Å². The molecule has 2 N–H and O–H groups in total. The maximum atomic E-state index is 11.1. The van der Waals surface area contributed by atoms with Crippen LogP contribution < -0.4 is 0 Å². The fourth-order valence-electron chi connectivity index (χ4n) is 6.08. The third-order valence-corrected chi connectivity index (χ3v) is 11.7. The van der Waals surface area contributed by atoms with Crippen LogP contribution in [0, 0.1) is 0 Å². The van der Waals surface area contributed by atoms with Crippen LogP contribution in [0.4, 0.5) is 0 Å². The second-order valence-electron chi connectivity index (χ2n) is 16.7. The molecule has 0 bridgehead atoms. The standard InChI is InChI=1S/2C22H29N3O.Ti/c2*1-7-21(3,4)15-13-16(22(5,6)8-2)20(26)19(14-15)25-23-17-11-9-10-12-18(17)24-25;/h2*9-14,26H,7-8H2,1-6H3;. The predicted octanol–water partition coefficient (Wildman–Crippen LogP) is 11.0. The molecule has 0 saturated heterocycles. The van der Waals surface area contributed by atoms with Gasteiger partial charge in [0, 0.05) is 32.8 Å². The van der Waals surface area contributed by atoms with Crippen LogP contribution in [0.15, 0.2) is 72.8 Å². The number of aromatic hydroxyl groups is 2. The van der Waals surface area contributed by atoms with Crippen LogP contribution in [0.3, 0.4) is 0 Å². The molecule has 0 aliphatic heterocycles. The summed E-state index contributed by atoms with van der Waals surface area (Å²) in [6.45, 7) is 26.3. The van der Waals surface area contributed by atoms with Gasteiger partial charge >= 0.3 is 0 Å². The quantitative estimate of drug-likeness (QED) is 0.135. The first-order valence-corrected chi connectivity index (χ1v) is 18.8. The molecule has 6 rings (SSSR count). The Balaban J connectivity index is 0.000000232. The minimum Gasteiger partial charge on any atom is -0.505 e. The number of benzene rings is 4. The fraction of sp³-hybridized carbons (Fsp3) is 0.455. The maximum Gasteiger partial charge on any atom is 0.146 e. The zero-order valence-electron chi connectivity index (χ0n) is 33.8. The SMILES string of the molecule is CCC(C)(C)c1cc(-n2nc3ccccc3n2)c(O)c(C(C)(C)CC)c1.CCC(C)(C)c1cc(-n2nc3ccccc3n2)c(O)c(C(C)(C)CC)c1.[Ti]. The van der Waals surface area contributed by atoms with Crippen LogP contribution in [0.2, 0.25) is 0 Å². The second-order valence-corrected chi connectivity index (χ2v) is 16.7. The molecule has 2 aromatic heterocycles. The van der Waals surface area contributed by atoms with E-state index in [1.165, 1.54) is 11.1 Å². The molecule has 0 atom stereocenters. The number of fused-ring (bicyclic) bond motifs is 2. The van der Waals surface area contributed by atoms with Gasteiger partial charge in [0.1, 0.15) is 44.9 Å². The van der Waals surface area contributed by atoms with Crippen LogP contribution in [0.25, 0.3) is 33.4 Å². The summed E-state index contributed by atoms with van der Waals surface area (Å²) in [6, 6.07) is 23.9. The summed E-state index contributed by atoms with van der Waals surface area (Å²) >= 11 is 0. The first kappa shape index (κ1) is 41.7. The van der Waals surface area contributed by atoms with Gasteiger partial charge in [-0.15, -0.1) is 30.0 Å². The molecule has 53 heavy (non-hydrogen) atoms. The van der Waals surface area contributed by atoms with Crippen molar-refractivity contribution in [3.05, 3.63) is 95.1 Å². The zero-order valence-corrected chi connectivity index (χ0v) is 35.4. The van der Waals surface area contributed by atoms with Crippen molar-refractivity contribution in [2.75, 3.05) is 0 Å². The normalized spacial score (nSPS) is 12.5. The number of hydrogen-bond acceptors (Lipinski definition) is 6. The van der Waals surface area contributed by atoms with Crippen molar-refractivity contribution >= 4 is 22.1 Å². The Morgan fingerprint density at radius 2 is 0.717 bits per heavy atom. The number of rotatable bonds is 10. The van der Waals surface area contributed by atoms with E-state index in [9.17, 15) is 10.2 Å². The largest absolute Gasteiger partial charge is 0.505 e. The molecule has 0 amide bonds. The van der Waals surface area contributed by atoms with E-state index in [2.05, 4.69) is 116 Å². The predicted molar refractivity (Wildman–Crippen MR) is 214 cm³/mol. The van der Waals surface area contributed by atoms with E-state index >= 15 is 0 Å². The van der Waals surface area contributed by atoms with E-state index in [0.29, 0.717) is 11.4 Å². The molecule has 0 aliphatic carbocycles. The summed E-state index contributed by atoms with van der Waals surface area (Å²) < 4.78 is 0. The van der Waals surface area contributed by atoms with E-state index in [1.807, 2.05) is 60.7 Å². The van der Waals surface area contributed by atoms with Gasteiger partial charge in [0.25, 0.3) is 0 Å². The molecule has 9 heteroatoms. The molecule has 2 heterocycles. The van der Waals surface area contributed by atoms with Crippen LogP contribution in [-0.2, 0) is 43.4 Å². The topological polar surface area (TPSA) is 102 Å². The average molecular weight is 751 g/mol. The van der Waals surface area contributed by atoms with Crippen molar-refractivity contribution < 1.29 is 31.9 Å². The van der Waals surface area contributed by atoms with Gasteiger partial charge < -0.3 is 10.2 Å². The summed E-state index contributed by atoms with van der Waals surface area (Å²) in [5.41, 5.74) is 8.64. The number of hydrogen-bond donors (Lipinski definition) is 2. The number of phenolic OH excluding ortho intramolecular Hbond substituents is 2. The van der Waals surface area contributed by atoms with Gasteiger partial charge in [-0.05, 0) is 94.9 Å². The maximum absolute atomic E-state index is 11.1. The van der Waals surface area contributed by atoms with Gasteiger partial charge in [-0.2, -0.15) is 0 Å². The van der Waals surface area contributed by atoms with E-state index < -0.39 is 0 Å². The number of phenols is 2. The minimum atomic E-state index is -0.134. The Bertz CT molecular complexity index is 1970. The van der Waals surface area contributed by atoms with Crippen molar-refractivity contribution in [3.63, 3.8) is 0 Å². The molecule has 0 unspecified atom stereocenters. The van der Waals surface area contributed by atoms with Gasteiger partial charge in [0.2, 0.25) is 0 Å². The average Bonchev–Trinajstić information content (AvgIpc) is 3.76. The monoisotopic (exact) mass is 750 g/mol. The summed E-state index contributed by atoms with van der Waals surface area (Å²) in [6.07, 6.45) is 3.89. The van der Waals surface area contributed by atoms with E-state index in [1.54, 1.807) is 9.59 Å². The fourth-order valence-corrected chi connectivity index (χ4v) is 6.08. The molecular formula is C44H58N6O2Ti. The van der Waals surface area contributed by atoms with Crippen molar-refractivity contribution in [2.24, 2.45) is 0 Å². The third kappa shape index (κ3) is 8.39. The summed E-state index contributed by atoms with van der Waals surface area (Å²) in [5, 5.41) is 40.5. The molecule has 0 spiro atoms. The van der Waals surface area contributed by atoms with E-state index in [0.717, 1.165) is 58.9 Å². The summed E-state index contributed by atoms with van der Waals surface area (Å²) in [4.78, 5) is 3.15. The van der Waals surface area contributed by atoms with Gasteiger partial charge in [-0.3, -0.25) is 0 Å². The van der Waals surface area contributed by atoms with Crippen LogP contribution in [0.5, 0.6) is 11.5 Å². The van der Waals surface area contributed by atoms with Crippen LogP contribution in [-0.4, -0.2) is 40.2 Å².